The lowest BCUT2D eigenvalue weighted by Gasteiger charge is -2.04. The fourth-order valence-electron chi connectivity index (χ4n) is 2.10. The van der Waals surface area contributed by atoms with Gasteiger partial charge in [0.2, 0.25) is 11.8 Å². The highest BCUT2D eigenvalue weighted by Crippen LogP contribution is 2.23. The van der Waals surface area contributed by atoms with Crippen LogP contribution in [0.1, 0.15) is 16.1 Å². The normalized spacial score (nSPS) is 10.8. The number of amides is 2. The van der Waals surface area contributed by atoms with Gasteiger partial charge in [0.1, 0.15) is 0 Å². The minimum atomic E-state index is -0.506. The van der Waals surface area contributed by atoms with Gasteiger partial charge in [-0.25, -0.2) is 9.97 Å². The molecule has 0 bridgehead atoms. The second kappa shape index (κ2) is 7.24. The molecule has 0 saturated carbocycles. The Morgan fingerprint density at radius 2 is 2.00 bits per heavy atom. The molecule has 0 radical (unpaired) electrons. The number of H-pyrrole nitrogens is 1. The van der Waals surface area contributed by atoms with E-state index in [-0.39, 0.29) is 11.7 Å². The summed E-state index contributed by atoms with van der Waals surface area (Å²) in [4.78, 5) is 34.9. The number of thioether (sulfide) groups is 1. The Kier molecular flexibility index (Phi) is 5.05. The van der Waals surface area contributed by atoms with E-state index in [4.69, 9.17) is 5.73 Å². The smallest absolute Gasteiger partial charge is 0.248 e. The maximum absolute atomic E-state index is 12.0. The first-order valence-electron chi connectivity index (χ1n) is 7.28. The fourth-order valence-corrected chi connectivity index (χ4v) is 3.09. The zero-order chi connectivity index (χ0) is 18.0. The van der Waals surface area contributed by atoms with E-state index in [1.54, 1.807) is 24.3 Å². The number of aromatic nitrogens is 3. The van der Waals surface area contributed by atoms with Gasteiger partial charge in [-0.05, 0) is 53.2 Å². The molecular formula is C16H14BrN5O2S. The van der Waals surface area contributed by atoms with Crippen LogP contribution in [-0.4, -0.2) is 32.5 Å². The van der Waals surface area contributed by atoms with Gasteiger partial charge in [0.05, 0.1) is 17.0 Å². The molecule has 128 valence electrons. The number of aromatic amines is 1. The Labute approximate surface area is 155 Å². The molecule has 0 spiro atoms. The summed E-state index contributed by atoms with van der Waals surface area (Å²) in [6.07, 6.45) is 0. The lowest BCUT2D eigenvalue weighted by Crippen LogP contribution is -2.15. The summed E-state index contributed by atoms with van der Waals surface area (Å²) in [6, 6.07) is 8.31. The van der Waals surface area contributed by atoms with Crippen molar-refractivity contribution in [2.75, 3.05) is 11.1 Å². The standard InChI is InChI=1S/C16H14BrN5O2S/c1-8-11(17)6-12-15(19-8)22-16(21-12)25-7-13(23)20-10-4-2-9(3-5-10)14(18)24/h2-6H,7H2,1H3,(H2,18,24)(H,20,23)(H,19,21,22). The summed E-state index contributed by atoms with van der Waals surface area (Å²) in [5.41, 5.74) is 8.45. The molecule has 1 aromatic carbocycles. The van der Waals surface area contributed by atoms with E-state index in [9.17, 15) is 9.59 Å². The van der Waals surface area contributed by atoms with Crippen LogP contribution in [0.25, 0.3) is 11.2 Å². The third kappa shape index (κ3) is 4.18. The van der Waals surface area contributed by atoms with Gasteiger partial charge in [0, 0.05) is 15.7 Å². The number of carbonyl (C=O) groups is 2. The molecule has 0 aliphatic carbocycles. The maximum atomic E-state index is 12.0. The molecule has 0 saturated heterocycles. The summed E-state index contributed by atoms with van der Waals surface area (Å²) in [6.45, 7) is 1.89. The average Bonchev–Trinajstić information content (AvgIpc) is 2.95. The van der Waals surface area contributed by atoms with E-state index in [0.717, 1.165) is 15.7 Å². The molecule has 0 unspecified atom stereocenters. The van der Waals surface area contributed by atoms with Crippen molar-refractivity contribution in [3.8, 4) is 0 Å². The molecule has 0 aliphatic rings. The molecule has 9 heteroatoms. The maximum Gasteiger partial charge on any atom is 0.248 e. The first kappa shape index (κ1) is 17.4. The van der Waals surface area contributed by atoms with E-state index in [0.29, 0.717) is 22.1 Å². The summed E-state index contributed by atoms with van der Waals surface area (Å²) < 4.78 is 0.900. The van der Waals surface area contributed by atoms with Crippen LogP contribution in [-0.2, 0) is 4.79 Å². The van der Waals surface area contributed by atoms with Crippen molar-refractivity contribution in [2.45, 2.75) is 12.1 Å². The van der Waals surface area contributed by atoms with Crippen molar-refractivity contribution in [1.29, 1.82) is 0 Å². The molecule has 3 rings (SSSR count). The van der Waals surface area contributed by atoms with Gasteiger partial charge >= 0.3 is 0 Å². The van der Waals surface area contributed by atoms with Gasteiger partial charge in [-0.2, -0.15) is 0 Å². The van der Waals surface area contributed by atoms with Crippen LogP contribution in [0.4, 0.5) is 5.69 Å². The number of rotatable bonds is 5. The highest BCUT2D eigenvalue weighted by molar-refractivity contribution is 9.10. The molecule has 0 fully saturated rings. The quantitative estimate of drug-likeness (QED) is 0.550. The molecule has 2 heterocycles. The van der Waals surface area contributed by atoms with Crippen LogP contribution in [0, 0.1) is 6.92 Å². The van der Waals surface area contributed by atoms with Crippen LogP contribution in [0.5, 0.6) is 0 Å². The number of pyridine rings is 1. The number of nitrogens with two attached hydrogens (primary N) is 1. The van der Waals surface area contributed by atoms with Crippen LogP contribution >= 0.6 is 27.7 Å². The predicted octanol–water partition coefficient (Wildman–Crippen LogP) is 2.86. The molecule has 0 aliphatic heterocycles. The van der Waals surface area contributed by atoms with Gasteiger partial charge in [-0.15, -0.1) is 0 Å². The first-order valence-corrected chi connectivity index (χ1v) is 9.05. The molecule has 3 aromatic rings. The number of fused-ring (bicyclic) bond motifs is 1. The van der Waals surface area contributed by atoms with Crippen molar-refractivity contribution in [2.24, 2.45) is 5.73 Å². The third-order valence-corrected chi connectivity index (χ3v) is 5.05. The van der Waals surface area contributed by atoms with Gasteiger partial charge < -0.3 is 16.0 Å². The van der Waals surface area contributed by atoms with Crippen LogP contribution in [0.15, 0.2) is 40.0 Å². The zero-order valence-corrected chi connectivity index (χ0v) is 15.6. The summed E-state index contributed by atoms with van der Waals surface area (Å²) in [5.74, 6) is -0.492. The Morgan fingerprint density at radius 1 is 1.28 bits per heavy atom. The first-order chi connectivity index (χ1) is 11.9. The van der Waals surface area contributed by atoms with Gasteiger partial charge in [0.25, 0.3) is 0 Å². The summed E-state index contributed by atoms with van der Waals surface area (Å²) >= 11 is 4.71. The molecule has 7 nitrogen and oxygen atoms in total. The number of carbonyl (C=O) groups excluding carboxylic acids is 2. The minimum absolute atomic E-state index is 0.178. The fraction of sp³-hybridized carbons (Fsp3) is 0.125. The SMILES string of the molecule is Cc1nc2nc(SCC(=O)Nc3ccc(C(N)=O)cc3)[nH]c2cc1Br. The number of hydrogen-bond acceptors (Lipinski definition) is 5. The topological polar surface area (TPSA) is 114 Å². The number of halogens is 1. The summed E-state index contributed by atoms with van der Waals surface area (Å²) in [7, 11) is 0. The van der Waals surface area contributed by atoms with E-state index in [2.05, 4.69) is 36.2 Å². The Bertz CT molecular complexity index is 916. The predicted molar refractivity (Wildman–Crippen MR) is 101 cm³/mol. The summed E-state index contributed by atoms with van der Waals surface area (Å²) in [5, 5.41) is 3.38. The Hall–Kier alpha value is -2.39. The highest BCUT2D eigenvalue weighted by atomic mass is 79.9. The molecule has 2 aromatic heterocycles. The Morgan fingerprint density at radius 3 is 2.68 bits per heavy atom. The van der Waals surface area contributed by atoms with E-state index in [1.165, 1.54) is 11.8 Å². The Balaban J connectivity index is 1.61. The number of aryl methyl sites for hydroxylation is 1. The van der Waals surface area contributed by atoms with Crippen LogP contribution in [0.3, 0.4) is 0 Å². The van der Waals surface area contributed by atoms with Crippen molar-refractivity contribution < 1.29 is 9.59 Å². The second-order valence-corrected chi connectivity index (χ2v) is 7.07. The second-order valence-electron chi connectivity index (χ2n) is 5.25. The van der Waals surface area contributed by atoms with Gasteiger partial charge in [-0.3, -0.25) is 9.59 Å². The lowest BCUT2D eigenvalue weighted by molar-refractivity contribution is -0.113. The number of nitrogens with zero attached hydrogens (tertiary/aromatic N) is 2. The van der Waals surface area contributed by atoms with Crippen LogP contribution < -0.4 is 11.1 Å². The third-order valence-electron chi connectivity index (χ3n) is 3.37. The number of benzene rings is 1. The van der Waals surface area contributed by atoms with E-state index in [1.807, 2.05) is 13.0 Å². The van der Waals surface area contributed by atoms with Gasteiger partial charge in [-0.1, -0.05) is 11.8 Å². The lowest BCUT2D eigenvalue weighted by atomic mass is 10.2. The van der Waals surface area contributed by atoms with Gasteiger partial charge in [0.15, 0.2) is 10.8 Å². The van der Waals surface area contributed by atoms with Crippen molar-refractivity contribution >= 4 is 56.4 Å². The van der Waals surface area contributed by atoms with Crippen LogP contribution in [0.2, 0.25) is 0 Å². The number of hydrogen-bond donors (Lipinski definition) is 3. The number of nitrogens with one attached hydrogen (secondary N) is 2. The van der Waals surface area contributed by atoms with Crippen molar-refractivity contribution in [3.63, 3.8) is 0 Å². The molecule has 2 amide bonds. The average molecular weight is 420 g/mol. The molecule has 25 heavy (non-hydrogen) atoms. The number of imidazole rings is 1. The number of anilines is 1. The largest absolute Gasteiger partial charge is 0.366 e. The minimum Gasteiger partial charge on any atom is -0.366 e. The monoisotopic (exact) mass is 419 g/mol. The van der Waals surface area contributed by atoms with E-state index < -0.39 is 5.91 Å². The molecule has 0 atom stereocenters. The van der Waals surface area contributed by atoms with E-state index >= 15 is 0 Å². The highest BCUT2D eigenvalue weighted by Gasteiger charge is 2.10. The van der Waals surface area contributed by atoms with Crippen molar-refractivity contribution in [3.05, 3.63) is 46.1 Å². The van der Waals surface area contributed by atoms with Crippen molar-refractivity contribution in [1.82, 2.24) is 15.0 Å². The molecule has 4 N–H and O–H groups in total. The zero-order valence-electron chi connectivity index (χ0n) is 13.2. The molecular weight excluding hydrogens is 406 g/mol. The number of primary amides is 1.